The van der Waals surface area contributed by atoms with E-state index in [0.717, 1.165) is 12.3 Å². The number of pyridine rings is 1. The lowest BCUT2D eigenvalue weighted by Gasteiger charge is -2.22. The summed E-state index contributed by atoms with van der Waals surface area (Å²) in [5, 5.41) is 2.75. The minimum absolute atomic E-state index is 0.101. The van der Waals surface area contributed by atoms with Crippen molar-refractivity contribution in [1.82, 2.24) is 4.98 Å². The second-order valence-corrected chi connectivity index (χ2v) is 4.33. The van der Waals surface area contributed by atoms with Crippen molar-refractivity contribution in [1.29, 1.82) is 0 Å². The van der Waals surface area contributed by atoms with E-state index >= 15 is 0 Å². The number of anilines is 2. The van der Waals surface area contributed by atoms with Crippen LogP contribution in [-0.2, 0) is 0 Å². The first kappa shape index (κ1) is 14.9. The summed E-state index contributed by atoms with van der Waals surface area (Å²) in [6.07, 6.45) is 1.03. The molecule has 0 saturated heterocycles. The molecule has 0 aliphatic rings. The number of hydrogen-bond acceptors (Lipinski definition) is 3. The molecule has 0 unspecified atom stereocenters. The van der Waals surface area contributed by atoms with Gasteiger partial charge in [0.15, 0.2) is 0 Å². The van der Waals surface area contributed by atoms with Gasteiger partial charge in [-0.25, -0.2) is 13.8 Å². The van der Waals surface area contributed by atoms with Gasteiger partial charge in [0.2, 0.25) is 0 Å². The van der Waals surface area contributed by atoms with Crippen LogP contribution in [0, 0.1) is 11.6 Å². The molecule has 2 aromatic rings. The van der Waals surface area contributed by atoms with Crippen molar-refractivity contribution >= 4 is 17.4 Å². The predicted octanol–water partition coefficient (Wildman–Crippen LogP) is 3.07. The van der Waals surface area contributed by atoms with Crippen molar-refractivity contribution in [2.45, 2.75) is 6.92 Å². The van der Waals surface area contributed by atoms with E-state index < -0.39 is 17.5 Å². The van der Waals surface area contributed by atoms with Crippen LogP contribution in [0.25, 0.3) is 0 Å². The Kier molecular flexibility index (Phi) is 4.47. The molecule has 0 saturated carbocycles. The van der Waals surface area contributed by atoms with E-state index in [1.807, 2.05) is 0 Å². The number of hydrogen-bond donors (Lipinski definition) is 1. The second-order valence-electron chi connectivity index (χ2n) is 4.33. The summed E-state index contributed by atoms with van der Waals surface area (Å²) in [5.41, 5.74) is 0.512. The molecule has 0 aliphatic carbocycles. The number of amides is 1. The van der Waals surface area contributed by atoms with Crippen molar-refractivity contribution in [3.8, 4) is 0 Å². The normalized spacial score (nSPS) is 10.3. The van der Waals surface area contributed by atoms with Crippen molar-refractivity contribution in [2.24, 2.45) is 0 Å². The minimum atomic E-state index is -0.604. The number of benzene rings is 1. The monoisotopic (exact) mass is 291 g/mol. The van der Waals surface area contributed by atoms with Gasteiger partial charge in [-0.15, -0.1) is 0 Å². The average Bonchev–Trinajstić information content (AvgIpc) is 2.48. The van der Waals surface area contributed by atoms with E-state index in [1.54, 1.807) is 20.0 Å². The summed E-state index contributed by atoms with van der Waals surface area (Å²) in [5.74, 6) is -1.21. The Morgan fingerprint density at radius 3 is 2.67 bits per heavy atom. The topological polar surface area (TPSA) is 45.2 Å². The zero-order valence-corrected chi connectivity index (χ0v) is 11.7. The Balaban J connectivity index is 2.43. The van der Waals surface area contributed by atoms with Gasteiger partial charge in [0.25, 0.3) is 5.91 Å². The summed E-state index contributed by atoms with van der Waals surface area (Å²) < 4.78 is 26.7. The Labute approximate surface area is 121 Å². The standard InChI is InChI=1S/C15H15F2N3O/c1-3-20(12-6-4-5-10(16)7-12)15(21)13-8-11(17)9-19-14(13)18-2/h4-9H,3H2,1-2H3,(H,18,19). The van der Waals surface area contributed by atoms with Crippen LogP contribution in [0.4, 0.5) is 20.3 Å². The molecule has 1 N–H and O–H groups in total. The molecule has 0 atom stereocenters. The number of halogens is 2. The maximum atomic E-state index is 13.4. The zero-order chi connectivity index (χ0) is 15.4. The van der Waals surface area contributed by atoms with E-state index in [9.17, 15) is 13.6 Å². The van der Waals surface area contributed by atoms with Gasteiger partial charge >= 0.3 is 0 Å². The molecule has 1 heterocycles. The highest BCUT2D eigenvalue weighted by Gasteiger charge is 2.20. The fourth-order valence-corrected chi connectivity index (χ4v) is 2.03. The minimum Gasteiger partial charge on any atom is -0.372 e. The van der Waals surface area contributed by atoms with Crippen LogP contribution in [0.2, 0.25) is 0 Å². The Morgan fingerprint density at radius 2 is 2.05 bits per heavy atom. The molecular formula is C15H15F2N3O. The molecule has 1 aromatic carbocycles. The third-order valence-electron chi connectivity index (χ3n) is 3.00. The third-order valence-corrected chi connectivity index (χ3v) is 3.00. The summed E-state index contributed by atoms with van der Waals surface area (Å²) in [4.78, 5) is 17.8. The molecule has 0 aliphatic heterocycles. The van der Waals surface area contributed by atoms with Gasteiger partial charge < -0.3 is 10.2 Å². The molecule has 4 nitrogen and oxygen atoms in total. The van der Waals surface area contributed by atoms with Crippen LogP contribution >= 0.6 is 0 Å². The highest BCUT2D eigenvalue weighted by atomic mass is 19.1. The van der Waals surface area contributed by atoms with Gasteiger partial charge in [-0.2, -0.15) is 0 Å². The van der Waals surface area contributed by atoms with Crippen molar-refractivity contribution in [3.63, 3.8) is 0 Å². The number of carbonyl (C=O) groups is 1. The zero-order valence-electron chi connectivity index (χ0n) is 11.7. The molecule has 21 heavy (non-hydrogen) atoms. The summed E-state index contributed by atoms with van der Waals surface area (Å²) in [6, 6.07) is 6.81. The number of aromatic nitrogens is 1. The lowest BCUT2D eigenvalue weighted by molar-refractivity contribution is 0.0988. The molecule has 0 fully saturated rings. The van der Waals surface area contributed by atoms with Gasteiger partial charge in [0, 0.05) is 19.3 Å². The van der Waals surface area contributed by atoms with Crippen molar-refractivity contribution in [3.05, 3.63) is 53.7 Å². The van der Waals surface area contributed by atoms with Crippen LogP contribution in [0.1, 0.15) is 17.3 Å². The quantitative estimate of drug-likeness (QED) is 0.941. The SMILES string of the molecule is CCN(C(=O)c1cc(F)cnc1NC)c1cccc(F)c1. The second kappa shape index (κ2) is 6.30. The highest BCUT2D eigenvalue weighted by Crippen LogP contribution is 2.21. The van der Waals surface area contributed by atoms with Crippen LogP contribution < -0.4 is 10.2 Å². The lowest BCUT2D eigenvalue weighted by atomic mass is 10.2. The Bertz CT molecular complexity index is 661. The van der Waals surface area contributed by atoms with E-state index in [-0.39, 0.29) is 11.4 Å². The van der Waals surface area contributed by atoms with Gasteiger partial charge in [-0.3, -0.25) is 4.79 Å². The first-order valence-corrected chi connectivity index (χ1v) is 6.47. The fraction of sp³-hybridized carbons (Fsp3) is 0.200. The molecule has 0 bridgehead atoms. The summed E-state index contributed by atoms with van der Waals surface area (Å²) >= 11 is 0. The number of nitrogens with zero attached hydrogens (tertiary/aromatic N) is 2. The van der Waals surface area contributed by atoms with Crippen LogP contribution in [0.5, 0.6) is 0 Å². The fourth-order valence-electron chi connectivity index (χ4n) is 2.03. The largest absolute Gasteiger partial charge is 0.372 e. The van der Waals surface area contributed by atoms with Gasteiger partial charge in [0.1, 0.15) is 17.5 Å². The molecule has 0 spiro atoms. The Hall–Kier alpha value is -2.50. The molecule has 2 rings (SSSR count). The summed E-state index contributed by atoms with van der Waals surface area (Å²) in [7, 11) is 1.59. The maximum Gasteiger partial charge on any atom is 0.262 e. The summed E-state index contributed by atoms with van der Waals surface area (Å²) in [6.45, 7) is 2.08. The maximum absolute atomic E-state index is 13.4. The number of carbonyl (C=O) groups excluding carboxylic acids is 1. The predicted molar refractivity (Wildman–Crippen MR) is 77.5 cm³/mol. The number of rotatable bonds is 4. The Morgan fingerprint density at radius 1 is 1.29 bits per heavy atom. The first-order chi connectivity index (χ1) is 10.1. The molecule has 6 heteroatoms. The molecule has 0 radical (unpaired) electrons. The highest BCUT2D eigenvalue weighted by molar-refractivity contribution is 6.09. The van der Waals surface area contributed by atoms with E-state index in [1.165, 1.54) is 23.1 Å². The van der Waals surface area contributed by atoms with Crippen LogP contribution in [-0.4, -0.2) is 24.5 Å². The number of nitrogens with one attached hydrogen (secondary N) is 1. The molecular weight excluding hydrogens is 276 g/mol. The van der Waals surface area contributed by atoms with Crippen LogP contribution in [0.3, 0.4) is 0 Å². The van der Waals surface area contributed by atoms with Crippen LogP contribution in [0.15, 0.2) is 36.5 Å². The van der Waals surface area contributed by atoms with Crippen molar-refractivity contribution < 1.29 is 13.6 Å². The molecule has 1 aromatic heterocycles. The lowest BCUT2D eigenvalue weighted by Crippen LogP contribution is -2.31. The molecule has 110 valence electrons. The van der Waals surface area contributed by atoms with Crippen molar-refractivity contribution in [2.75, 3.05) is 23.8 Å². The first-order valence-electron chi connectivity index (χ1n) is 6.47. The van der Waals surface area contributed by atoms with Gasteiger partial charge in [0.05, 0.1) is 11.8 Å². The van der Waals surface area contributed by atoms with E-state index in [2.05, 4.69) is 10.3 Å². The average molecular weight is 291 g/mol. The smallest absolute Gasteiger partial charge is 0.262 e. The third kappa shape index (κ3) is 3.16. The van der Waals surface area contributed by atoms with E-state index in [0.29, 0.717) is 12.2 Å². The van der Waals surface area contributed by atoms with Gasteiger partial charge in [-0.1, -0.05) is 6.07 Å². The van der Waals surface area contributed by atoms with Gasteiger partial charge in [-0.05, 0) is 31.2 Å². The van der Waals surface area contributed by atoms with E-state index in [4.69, 9.17) is 0 Å². The molecule has 1 amide bonds.